The van der Waals surface area contributed by atoms with Crippen LogP contribution in [0.1, 0.15) is 10.4 Å². The van der Waals surface area contributed by atoms with Crippen LogP contribution in [0, 0.1) is 0 Å². The smallest absolute Gasteiger partial charge is 0.339 e. The molecule has 1 rings (SSSR count). The lowest BCUT2D eigenvalue weighted by atomic mass is 10.2. The number of rotatable bonds is 2. The summed E-state index contributed by atoms with van der Waals surface area (Å²) < 4.78 is 4.77. The number of hydrogen-bond donors (Lipinski definition) is 2. The Kier molecular flexibility index (Phi) is 2.63. The Labute approximate surface area is 79.3 Å². The van der Waals surface area contributed by atoms with Crippen molar-refractivity contribution < 1.29 is 19.7 Å². The first kappa shape index (κ1) is 9.67. The highest BCUT2D eigenvalue weighted by Gasteiger charge is 2.15. The topological polar surface area (TPSA) is 66.8 Å². The van der Waals surface area contributed by atoms with Crippen LogP contribution in [0.2, 0.25) is 5.02 Å². The summed E-state index contributed by atoms with van der Waals surface area (Å²) in [5.74, 6) is -1.36. The van der Waals surface area contributed by atoms with E-state index in [1.807, 2.05) is 0 Å². The Morgan fingerprint density at radius 3 is 2.62 bits per heavy atom. The fourth-order valence-corrected chi connectivity index (χ4v) is 1.24. The maximum absolute atomic E-state index is 10.6. The minimum atomic E-state index is -1.20. The molecule has 0 heterocycles. The molecule has 1 aromatic carbocycles. The Morgan fingerprint density at radius 2 is 2.15 bits per heavy atom. The van der Waals surface area contributed by atoms with Gasteiger partial charge >= 0.3 is 5.97 Å². The molecule has 5 heteroatoms. The first-order valence-corrected chi connectivity index (χ1v) is 3.74. The highest BCUT2D eigenvalue weighted by Crippen LogP contribution is 2.32. The van der Waals surface area contributed by atoms with Gasteiger partial charge in [0, 0.05) is 6.07 Å². The van der Waals surface area contributed by atoms with E-state index in [0.717, 1.165) is 6.07 Å². The molecule has 0 aliphatic rings. The van der Waals surface area contributed by atoms with E-state index in [2.05, 4.69) is 0 Å². The molecule has 0 bridgehead atoms. The van der Waals surface area contributed by atoms with Gasteiger partial charge in [-0.1, -0.05) is 11.6 Å². The molecule has 13 heavy (non-hydrogen) atoms. The van der Waals surface area contributed by atoms with Gasteiger partial charge in [0.15, 0.2) is 5.75 Å². The van der Waals surface area contributed by atoms with Crippen LogP contribution in [-0.2, 0) is 0 Å². The van der Waals surface area contributed by atoms with Crippen LogP contribution >= 0.6 is 11.6 Å². The molecule has 0 aliphatic carbocycles. The van der Waals surface area contributed by atoms with E-state index < -0.39 is 5.97 Å². The Balaban J connectivity index is 3.38. The molecule has 0 atom stereocenters. The highest BCUT2D eigenvalue weighted by molar-refractivity contribution is 6.32. The molecule has 0 saturated carbocycles. The molecule has 2 N–H and O–H groups in total. The van der Waals surface area contributed by atoms with Gasteiger partial charge in [0.1, 0.15) is 11.3 Å². The second-order valence-electron chi connectivity index (χ2n) is 2.31. The molecule has 1 aromatic rings. The number of carbonyl (C=O) groups is 1. The van der Waals surface area contributed by atoms with E-state index in [4.69, 9.17) is 26.6 Å². The van der Waals surface area contributed by atoms with Crippen molar-refractivity contribution in [3.05, 3.63) is 22.7 Å². The van der Waals surface area contributed by atoms with E-state index in [-0.39, 0.29) is 22.1 Å². The summed E-state index contributed by atoms with van der Waals surface area (Å²) in [5.41, 5.74) is -0.160. The summed E-state index contributed by atoms with van der Waals surface area (Å²) in [6, 6.07) is 2.29. The lowest BCUT2D eigenvalue weighted by Crippen LogP contribution is -2.00. The van der Waals surface area contributed by atoms with Crippen molar-refractivity contribution in [2.24, 2.45) is 0 Å². The summed E-state index contributed by atoms with van der Waals surface area (Å²) in [6.45, 7) is 0. The molecule has 0 spiro atoms. The van der Waals surface area contributed by atoms with Crippen molar-refractivity contribution in [3.63, 3.8) is 0 Å². The zero-order valence-electron chi connectivity index (χ0n) is 6.74. The molecule has 0 amide bonds. The summed E-state index contributed by atoms with van der Waals surface area (Å²) in [6.07, 6.45) is 0. The van der Waals surface area contributed by atoms with Crippen molar-refractivity contribution in [2.75, 3.05) is 7.11 Å². The summed E-state index contributed by atoms with van der Waals surface area (Å²) in [5, 5.41) is 17.8. The largest absolute Gasteiger partial charge is 0.508 e. The highest BCUT2D eigenvalue weighted by atomic mass is 35.5. The Morgan fingerprint density at radius 1 is 1.54 bits per heavy atom. The van der Waals surface area contributed by atoms with Crippen molar-refractivity contribution >= 4 is 17.6 Å². The second-order valence-corrected chi connectivity index (χ2v) is 2.72. The number of hydrogen-bond acceptors (Lipinski definition) is 3. The van der Waals surface area contributed by atoms with Crippen molar-refractivity contribution in [3.8, 4) is 11.5 Å². The third kappa shape index (κ3) is 1.84. The number of carboxylic acids is 1. The van der Waals surface area contributed by atoms with Crippen molar-refractivity contribution in [2.45, 2.75) is 0 Å². The first-order valence-electron chi connectivity index (χ1n) is 3.36. The number of benzene rings is 1. The lowest BCUT2D eigenvalue weighted by Gasteiger charge is -2.06. The molecule has 0 aromatic heterocycles. The van der Waals surface area contributed by atoms with Gasteiger partial charge in [-0.05, 0) is 6.07 Å². The van der Waals surface area contributed by atoms with Crippen LogP contribution in [0.25, 0.3) is 0 Å². The molecule has 0 saturated heterocycles. The van der Waals surface area contributed by atoms with Gasteiger partial charge in [-0.15, -0.1) is 0 Å². The van der Waals surface area contributed by atoms with Gasteiger partial charge in [0.25, 0.3) is 0 Å². The number of aromatic hydroxyl groups is 1. The van der Waals surface area contributed by atoms with Crippen molar-refractivity contribution in [1.29, 1.82) is 0 Å². The Bertz CT molecular complexity index is 348. The SMILES string of the molecule is COc1c(Cl)cc(O)cc1C(=O)O. The zero-order valence-corrected chi connectivity index (χ0v) is 7.50. The standard InChI is InChI=1S/C8H7ClO4/c1-13-7-5(8(11)12)2-4(10)3-6(7)9/h2-3,10H,1H3,(H,11,12). The van der Waals surface area contributed by atoms with Crippen LogP contribution in [-0.4, -0.2) is 23.3 Å². The summed E-state index contributed by atoms with van der Waals surface area (Å²) in [7, 11) is 1.31. The lowest BCUT2D eigenvalue weighted by molar-refractivity contribution is 0.0693. The maximum Gasteiger partial charge on any atom is 0.339 e. The quantitative estimate of drug-likeness (QED) is 0.767. The van der Waals surface area contributed by atoms with Gasteiger partial charge < -0.3 is 14.9 Å². The number of phenols is 1. The fraction of sp³-hybridized carbons (Fsp3) is 0.125. The van der Waals surface area contributed by atoms with Gasteiger partial charge in [0.2, 0.25) is 0 Å². The van der Waals surface area contributed by atoms with E-state index in [1.165, 1.54) is 13.2 Å². The third-order valence-electron chi connectivity index (χ3n) is 1.46. The van der Waals surface area contributed by atoms with Crippen LogP contribution in [0.5, 0.6) is 11.5 Å². The number of aromatic carboxylic acids is 1. The van der Waals surface area contributed by atoms with E-state index in [0.29, 0.717) is 0 Å². The van der Waals surface area contributed by atoms with Gasteiger partial charge in [-0.2, -0.15) is 0 Å². The number of carboxylic acid groups (broad SMARTS) is 1. The molecular weight excluding hydrogens is 196 g/mol. The molecule has 70 valence electrons. The minimum absolute atomic E-state index is 0.0481. The van der Waals surface area contributed by atoms with Crippen LogP contribution in [0.3, 0.4) is 0 Å². The van der Waals surface area contributed by atoms with Gasteiger partial charge in [0.05, 0.1) is 12.1 Å². The molecule has 0 unspecified atom stereocenters. The van der Waals surface area contributed by atoms with Crippen LogP contribution in [0.4, 0.5) is 0 Å². The molecule has 4 nitrogen and oxygen atoms in total. The molecule has 0 aliphatic heterocycles. The van der Waals surface area contributed by atoms with E-state index in [9.17, 15) is 4.79 Å². The van der Waals surface area contributed by atoms with E-state index >= 15 is 0 Å². The molecule has 0 fully saturated rings. The number of phenolic OH excluding ortho intramolecular Hbond substituents is 1. The molecule has 0 radical (unpaired) electrons. The van der Waals surface area contributed by atoms with Gasteiger partial charge in [-0.3, -0.25) is 0 Å². The van der Waals surface area contributed by atoms with Gasteiger partial charge in [-0.25, -0.2) is 4.79 Å². The van der Waals surface area contributed by atoms with Crippen LogP contribution < -0.4 is 4.74 Å². The summed E-state index contributed by atoms with van der Waals surface area (Å²) >= 11 is 5.63. The number of ether oxygens (including phenoxy) is 1. The molecular formula is C8H7ClO4. The average Bonchev–Trinajstić information content (AvgIpc) is 2.02. The Hall–Kier alpha value is -1.42. The predicted octanol–water partition coefficient (Wildman–Crippen LogP) is 1.75. The normalized spacial score (nSPS) is 9.69. The zero-order chi connectivity index (χ0) is 10.0. The monoisotopic (exact) mass is 202 g/mol. The first-order chi connectivity index (χ1) is 6.06. The number of methoxy groups -OCH3 is 1. The maximum atomic E-state index is 10.6. The predicted molar refractivity (Wildman–Crippen MR) is 46.6 cm³/mol. The number of halogens is 1. The minimum Gasteiger partial charge on any atom is -0.508 e. The van der Waals surface area contributed by atoms with Crippen LogP contribution in [0.15, 0.2) is 12.1 Å². The van der Waals surface area contributed by atoms with E-state index in [1.54, 1.807) is 0 Å². The average molecular weight is 203 g/mol. The van der Waals surface area contributed by atoms with Crippen molar-refractivity contribution in [1.82, 2.24) is 0 Å². The summed E-state index contributed by atoms with van der Waals surface area (Å²) in [4.78, 5) is 10.6. The fourth-order valence-electron chi connectivity index (χ4n) is 0.945. The second kappa shape index (κ2) is 3.53. The third-order valence-corrected chi connectivity index (χ3v) is 1.74.